The number of thioether (sulfide) groups is 1. The first-order valence-electron chi connectivity index (χ1n) is 5.09. The van der Waals surface area contributed by atoms with Crippen molar-refractivity contribution in [1.82, 2.24) is 5.32 Å². The molecule has 15 heavy (non-hydrogen) atoms. The Bertz CT molecular complexity index is 246. The highest BCUT2D eigenvalue weighted by atomic mass is 32.2. The fourth-order valence-electron chi connectivity index (χ4n) is 1.25. The third-order valence-electron chi connectivity index (χ3n) is 2.12. The highest BCUT2D eigenvalue weighted by molar-refractivity contribution is 8.14. The van der Waals surface area contributed by atoms with E-state index in [-0.39, 0.29) is 0 Å². The van der Waals surface area contributed by atoms with E-state index in [1.54, 1.807) is 11.8 Å². The fourth-order valence-corrected chi connectivity index (χ4v) is 2.01. The van der Waals surface area contributed by atoms with Crippen LogP contribution in [0.25, 0.3) is 0 Å². The van der Waals surface area contributed by atoms with Crippen LogP contribution in [-0.4, -0.2) is 41.1 Å². The molecule has 0 radical (unpaired) electrons. The van der Waals surface area contributed by atoms with Crippen molar-refractivity contribution < 1.29 is 9.90 Å². The first kappa shape index (κ1) is 12.3. The van der Waals surface area contributed by atoms with Gasteiger partial charge in [0.05, 0.1) is 6.54 Å². The maximum atomic E-state index is 10.4. The molecule has 0 aromatic heterocycles. The van der Waals surface area contributed by atoms with Crippen molar-refractivity contribution in [3.8, 4) is 0 Å². The molecule has 4 N–H and O–H groups in total. The molecule has 1 rings (SSSR count). The summed E-state index contributed by atoms with van der Waals surface area (Å²) in [5.74, 6) is 0.144. The molecule has 0 amide bonds. The standard InChI is InChI=1S/C9H17N3O2S/c10-7(8(13)14)3-1-2-4-11-9-12-5-6-15-9/h7H,1-6,10H2,(H,11,12)(H,13,14)/t7-/m0/s1. The smallest absolute Gasteiger partial charge is 0.320 e. The summed E-state index contributed by atoms with van der Waals surface area (Å²) in [6.45, 7) is 1.75. The Morgan fingerprint density at radius 1 is 1.67 bits per heavy atom. The van der Waals surface area contributed by atoms with Gasteiger partial charge in [-0.2, -0.15) is 0 Å². The van der Waals surface area contributed by atoms with Crippen molar-refractivity contribution in [2.75, 3.05) is 18.8 Å². The van der Waals surface area contributed by atoms with E-state index in [2.05, 4.69) is 10.3 Å². The number of nitrogens with zero attached hydrogens (tertiary/aromatic N) is 1. The molecular formula is C9H17N3O2S. The largest absolute Gasteiger partial charge is 0.480 e. The van der Waals surface area contributed by atoms with Crippen molar-refractivity contribution >= 4 is 22.9 Å². The molecule has 0 saturated heterocycles. The average Bonchev–Trinajstić information content (AvgIpc) is 2.69. The van der Waals surface area contributed by atoms with E-state index in [9.17, 15) is 4.79 Å². The van der Waals surface area contributed by atoms with Crippen LogP contribution in [0.5, 0.6) is 0 Å². The van der Waals surface area contributed by atoms with Gasteiger partial charge in [-0.25, -0.2) is 0 Å². The van der Waals surface area contributed by atoms with Crippen LogP contribution in [0.2, 0.25) is 0 Å². The summed E-state index contributed by atoms with van der Waals surface area (Å²) in [6, 6.07) is -0.719. The normalized spacial score (nSPS) is 17.3. The van der Waals surface area contributed by atoms with Gasteiger partial charge in [0.25, 0.3) is 0 Å². The highest BCUT2D eigenvalue weighted by Gasteiger charge is 2.10. The summed E-state index contributed by atoms with van der Waals surface area (Å²) >= 11 is 1.73. The molecule has 0 aromatic rings. The third kappa shape index (κ3) is 5.03. The highest BCUT2D eigenvalue weighted by Crippen LogP contribution is 2.08. The molecule has 1 aliphatic rings. The lowest BCUT2D eigenvalue weighted by Crippen LogP contribution is -2.30. The summed E-state index contributed by atoms with van der Waals surface area (Å²) in [5, 5.41) is 12.8. The minimum atomic E-state index is -0.918. The summed E-state index contributed by atoms with van der Waals surface area (Å²) in [4.78, 5) is 14.7. The average molecular weight is 231 g/mol. The van der Waals surface area contributed by atoms with E-state index >= 15 is 0 Å². The maximum absolute atomic E-state index is 10.4. The number of carboxylic acid groups (broad SMARTS) is 1. The van der Waals surface area contributed by atoms with Crippen molar-refractivity contribution in [2.45, 2.75) is 25.3 Å². The minimum Gasteiger partial charge on any atom is -0.480 e. The fraction of sp³-hybridized carbons (Fsp3) is 0.778. The van der Waals surface area contributed by atoms with Crippen molar-refractivity contribution in [2.24, 2.45) is 10.7 Å². The van der Waals surface area contributed by atoms with E-state index in [4.69, 9.17) is 10.8 Å². The topological polar surface area (TPSA) is 87.7 Å². The van der Waals surface area contributed by atoms with Crippen molar-refractivity contribution in [1.29, 1.82) is 0 Å². The van der Waals surface area contributed by atoms with Crippen LogP contribution in [0.1, 0.15) is 19.3 Å². The number of hydrogen-bond donors (Lipinski definition) is 3. The zero-order valence-electron chi connectivity index (χ0n) is 8.61. The number of hydrogen-bond acceptors (Lipinski definition) is 5. The van der Waals surface area contributed by atoms with Gasteiger partial charge in [-0.3, -0.25) is 9.79 Å². The Morgan fingerprint density at radius 3 is 3.07 bits per heavy atom. The van der Waals surface area contributed by atoms with E-state index < -0.39 is 12.0 Å². The first-order chi connectivity index (χ1) is 7.20. The zero-order chi connectivity index (χ0) is 11.1. The molecule has 1 heterocycles. The number of aliphatic imine (C=N–C) groups is 1. The monoisotopic (exact) mass is 231 g/mol. The lowest BCUT2D eigenvalue weighted by molar-refractivity contribution is -0.138. The lowest BCUT2D eigenvalue weighted by Gasteiger charge is -2.07. The molecule has 1 aliphatic heterocycles. The molecule has 5 nitrogen and oxygen atoms in total. The summed E-state index contributed by atoms with van der Waals surface area (Å²) in [5.41, 5.74) is 5.37. The Kier molecular flexibility index (Phi) is 5.49. The first-order valence-corrected chi connectivity index (χ1v) is 6.08. The quantitative estimate of drug-likeness (QED) is 0.571. The second kappa shape index (κ2) is 6.68. The van der Waals surface area contributed by atoms with Gasteiger partial charge < -0.3 is 16.2 Å². The van der Waals surface area contributed by atoms with Crippen LogP contribution in [-0.2, 0) is 4.79 Å². The summed E-state index contributed by atoms with van der Waals surface area (Å²) in [6.07, 6.45) is 2.30. The summed E-state index contributed by atoms with van der Waals surface area (Å²) < 4.78 is 0. The number of unbranched alkanes of at least 4 members (excludes halogenated alkanes) is 1. The minimum absolute atomic E-state index is 0.538. The number of carboxylic acids is 1. The van der Waals surface area contributed by atoms with Gasteiger partial charge in [0.1, 0.15) is 6.04 Å². The molecule has 1 atom stereocenters. The third-order valence-corrected chi connectivity index (χ3v) is 3.05. The molecule has 0 unspecified atom stereocenters. The molecular weight excluding hydrogens is 214 g/mol. The maximum Gasteiger partial charge on any atom is 0.320 e. The molecule has 0 spiro atoms. The molecule has 0 aromatic carbocycles. The van der Waals surface area contributed by atoms with Gasteiger partial charge in [0.15, 0.2) is 5.17 Å². The van der Waals surface area contributed by atoms with E-state index in [0.29, 0.717) is 6.42 Å². The predicted octanol–water partition coefficient (Wildman–Crippen LogP) is 0.261. The number of rotatable bonds is 6. The van der Waals surface area contributed by atoms with Gasteiger partial charge in [-0.15, -0.1) is 0 Å². The Morgan fingerprint density at radius 2 is 2.47 bits per heavy atom. The molecule has 0 aliphatic carbocycles. The van der Waals surface area contributed by atoms with E-state index in [0.717, 1.165) is 36.9 Å². The van der Waals surface area contributed by atoms with Gasteiger partial charge in [0, 0.05) is 12.3 Å². The van der Waals surface area contributed by atoms with Crippen molar-refractivity contribution in [3.63, 3.8) is 0 Å². The Hall–Kier alpha value is -0.750. The Balaban J connectivity index is 1.95. The van der Waals surface area contributed by atoms with Gasteiger partial charge in [-0.1, -0.05) is 11.8 Å². The van der Waals surface area contributed by atoms with Crippen LogP contribution in [0.15, 0.2) is 4.99 Å². The van der Waals surface area contributed by atoms with E-state index in [1.165, 1.54) is 0 Å². The number of carbonyl (C=O) groups is 1. The second-order valence-electron chi connectivity index (χ2n) is 3.40. The second-order valence-corrected chi connectivity index (χ2v) is 4.49. The molecule has 0 fully saturated rings. The van der Waals surface area contributed by atoms with Gasteiger partial charge >= 0.3 is 5.97 Å². The molecule has 6 heteroatoms. The number of aliphatic carboxylic acids is 1. The number of amidine groups is 1. The number of nitrogens with one attached hydrogen (secondary N) is 1. The van der Waals surface area contributed by atoms with Crippen LogP contribution < -0.4 is 11.1 Å². The van der Waals surface area contributed by atoms with Crippen LogP contribution in [0, 0.1) is 0 Å². The molecule has 86 valence electrons. The van der Waals surface area contributed by atoms with Crippen LogP contribution >= 0.6 is 11.8 Å². The SMILES string of the molecule is N[C@@H](CCCCNC1=NCCS1)C(=O)O. The summed E-state index contributed by atoms with van der Waals surface area (Å²) in [7, 11) is 0. The molecule has 0 bridgehead atoms. The lowest BCUT2D eigenvalue weighted by atomic mass is 10.1. The van der Waals surface area contributed by atoms with E-state index in [1.807, 2.05) is 0 Å². The van der Waals surface area contributed by atoms with Crippen LogP contribution in [0.3, 0.4) is 0 Å². The van der Waals surface area contributed by atoms with Gasteiger partial charge in [-0.05, 0) is 19.3 Å². The number of nitrogens with two attached hydrogens (primary N) is 1. The van der Waals surface area contributed by atoms with Crippen LogP contribution in [0.4, 0.5) is 0 Å². The van der Waals surface area contributed by atoms with Gasteiger partial charge in [0.2, 0.25) is 0 Å². The Labute approximate surface area is 93.5 Å². The van der Waals surface area contributed by atoms with Crippen molar-refractivity contribution in [3.05, 3.63) is 0 Å². The zero-order valence-corrected chi connectivity index (χ0v) is 9.42. The predicted molar refractivity (Wildman–Crippen MR) is 62.2 cm³/mol. The molecule has 0 saturated carbocycles.